The first kappa shape index (κ1) is 17.5. The van der Waals surface area contributed by atoms with Crippen molar-refractivity contribution in [3.8, 4) is 0 Å². The Bertz CT molecular complexity index is 437. The van der Waals surface area contributed by atoms with Crippen molar-refractivity contribution >= 4 is 6.09 Å². The average molecular weight is 296 g/mol. The first-order chi connectivity index (χ1) is 9.83. The second-order valence-electron chi connectivity index (χ2n) is 6.10. The lowest BCUT2D eigenvalue weighted by Gasteiger charge is -2.24. The molecule has 0 atom stereocenters. The van der Waals surface area contributed by atoms with Gasteiger partial charge in [0.1, 0.15) is 5.60 Å². The number of nitrogens with one attached hydrogen (secondary N) is 1. The van der Waals surface area contributed by atoms with Crippen molar-refractivity contribution in [2.45, 2.75) is 52.8 Å². The van der Waals surface area contributed by atoms with Crippen LogP contribution in [0.25, 0.3) is 0 Å². The summed E-state index contributed by atoms with van der Waals surface area (Å²) in [5, 5.41) is 3.37. The molecule has 1 amide bonds. The quantitative estimate of drug-likeness (QED) is 0.784. The molecule has 1 aromatic heterocycles. The minimum absolute atomic E-state index is 0.272. The zero-order valence-electron chi connectivity index (χ0n) is 13.8. The van der Waals surface area contributed by atoms with Crippen molar-refractivity contribution in [3.63, 3.8) is 0 Å². The zero-order valence-corrected chi connectivity index (χ0v) is 13.8. The maximum absolute atomic E-state index is 11.8. The molecule has 0 unspecified atom stereocenters. The summed E-state index contributed by atoms with van der Waals surface area (Å²) in [6, 6.07) is 0. The van der Waals surface area contributed by atoms with Gasteiger partial charge in [0, 0.05) is 32.9 Å². The summed E-state index contributed by atoms with van der Waals surface area (Å²) in [6.45, 7) is 11.0. The number of carbonyl (C=O) groups is 1. The lowest BCUT2D eigenvalue weighted by molar-refractivity contribution is 0.0297. The average Bonchev–Trinajstić information content (AvgIpc) is 2.83. The first-order valence-electron chi connectivity index (χ1n) is 7.47. The van der Waals surface area contributed by atoms with Gasteiger partial charge in [-0.3, -0.25) is 0 Å². The van der Waals surface area contributed by atoms with Crippen molar-refractivity contribution in [2.75, 3.05) is 20.1 Å². The van der Waals surface area contributed by atoms with E-state index in [-0.39, 0.29) is 6.09 Å². The molecule has 6 nitrogen and oxygen atoms in total. The van der Waals surface area contributed by atoms with E-state index in [0.717, 1.165) is 26.1 Å². The van der Waals surface area contributed by atoms with E-state index in [1.54, 1.807) is 11.9 Å². The molecule has 1 rings (SSSR count). The van der Waals surface area contributed by atoms with Gasteiger partial charge in [-0.2, -0.15) is 0 Å². The maximum Gasteiger partial charge on any atom is 0.410 e. The van der Waals surface area contributed by atoms with E-state index in [2.05, 4.69) is 21.8 Å². The maximum atomic E-state index is 11.8. The van der Waals surface area contributed by atoms with Gasteiger partial charge in [0.05, 0.1) is 12.0 Å². The minimum Gasteiger partial charge on any atom is -0.444 e. The Hall–Kier alpha value is -1.56. The van der Waals surface area contributed by atoms with Gasteiger partial charge in [-0.15, -0.1) is 0 Å². The molecule has 0 spiro atoms. The second kappa shape index (κ2) is 8.02. The Kier molecular flexibility index (Phi) is 6.68. The van der Waals surface area contributed by atoms with Crippen LogP contribution < -0.4 is 5.32 Å². The van der Waals surface area contributed by atoms with Gasteiger partial charge in [0.15, 0.2) is 0 Å². The monoisotopic (exact) mass is 296 g/mol. The van der Waals surface area contributed by atoms with Crippen molar-refractivity contribution in [2.24, 2.45) is 0 Å². The van der Waals surface area contributed by atoms with Crippen LogP contribution in [0.4, 0.5) is 4.79 Å². The smallest absolute Gasteiger partial charge is 0.410 e. The highest BCUT2D eigenvalue weighted by atomic mass is 16.6. The molecule has 0 radical (unpaired) electrons. The standard InChI is InChI=1S/C15H28N4O2/c1-6-19-12-17-11-13(19)10-16-8-7-9-18(5)14(20)21-15(2,3)4/h11-12,16H,6-10H2,1-5H3. The van der Waals surface area contributed by atoms with E-state index in [1.165, 1.54) is 5.69 Å². The fraction of sp³-hybridized carbons (Fsp3) is 0.733. The number of amides is 1. The van der Waals surface area contributed by atoms with Crippen molar-refractivity contribution in [1.82, 2.24) is 19.8 Å². The minimum atomic E-state index is -0.442. The van der Waals surface area contributed by atoms with Crippen molar-refractivity contribution in [3.05, 3.63) is 18.2 Å². The Morgan fingerprint density at radius 1 is 1.48 bits per heavy atom. The molecule has 1 heterocycles. The van der Waals surface area contributed by atoms with Crippen LogP contribution in [0.2, 0.25) is 0 Å². The summed E-state index contributed by atoms with van der Waals surface area (Å²) < 4.78 is 7.41. The van der Waals surface area contributed by atoms with Crippen LogP contribution in [0, 0.1) is 0 Å². The molecule has 6 heteroatoms. The van der Waals surface area contributed by atoms with Gasteiger partial charge in [0.2, 0.25) is 0 Å². The van der Waals surface area contributed by atoms with Crippen LogP contribution in [-0.2, 0) is 17.8 Å². The third-order valence-electron chi connectivity index (χ3n) is 3.00. The highest BCUT2D eigenvalue weighted by molar-refractivity contribution is 5.67. The number of hydrogen-bond donors (Lipinski definition) is 1. The normalized spacial score (nSPS) is 11.5. The first-order valence-corrected chi connectivity index (χ1v) is 7.47. The predicted octanol–water partition coefficient (Wildman–Crippen LogP) is 2.25. The van der Waals surface area contributed by atoms with Gasteiger partial charge in [-0.1, -0.05) is 0 Å². The number of carbonyl (C=O) groups excluding carboxylic acids is 1. The zero-order chi connectivity index (χ0) is 15.9. The molecule has 0 aliphatic carbocycles. The number of rotatable bonds is 7. The number of aryl methyl sites for hydroxylation is 1. The largest absolute Gasteiger partial charge is 0.444 e. The molecule has 1 N–H and O–H groups in total. The molecule has 0 bridgehead atoms. The van der Waals surface area contributed by atoms with E-state index in [0.29, 0.717) is 6.54 Å². The molecular formula is C15H28N4O2. The third kappa shape index (κ3) is 6.62. The molecule has 120 valence electrons. The molecule has 0 saturated heterocycles. The Labute approximate surface area is 127 Å². The molecule has 0 fully saturated rings. The summed E-state index contributed by atoms with van der Waals surface area (Å²) in [4.78, 5) is 17.5. The number of imidazole rings is 1. The highest BCUT2D eigenvalue weighted by Gasteiger charge is 2.18. The number of hydrogen-bond acceptors (Lipinski definition) is 4. The van der Waals surface area contributed by atoms with E-state index in [1.807, 2.05) is 33.3 Å². The van der Waals surface area contributed by atoms with Crippen LogP contribution in [0.3, 0.4) is 0 Å². The summed E-state index contributed by atoms with van der Waals surface area (Å²) in [5.41, 5.74) is 0.736. The Balaban J connectivity index is 2.18. The summed E-state index contributed by atoms with van der Waals surface area (Å²) in [6.07, 6.45) is 4.33. The van der Waals surface area contributed by atoms with Gasteiger partial charge >= 0.3 is 6.09 Å². The van der Waals surface area contributed by atoms with Crippen molar-refractivity contribution in [1.29, 1.82) is 0 Å². The molecule has 0 aliphatic heterocycles. The van der Waals surface area contributed by atoms with Gasteiger partial charge in [-0.25, -0.2) is 9.78 Å². The number of ether oxygens (including phenoxy) is 1. The molecule has 21 heavy (non-hydrogen) atoms. The molecular weight excluding hydrogens is 268 g/mol. The molecule has 0 saturated carbocycles. The Morgan fingerprint density at radius 2 is 2.19 bits per heavy atom. The third-order valence-corrected chi connectivity index (χ3v) is 3.00. The van der Waals surface area contributed by atoms with Crippen LogP contribution in [0.5, 0.6) is 0 Å². The Morgan fingerprint density at radius 3 is 2.81 bits per heavy atom. The number of nitrogens with zero attached hydrogens (tertiary/aromatic N) is 3. The van der Waals surface area contributed by atoms with Crippen LogP contribution in [0.15, 0.2) is 12.5 Å². The van der Waals surface area contributed by atoms with Crippen LogP contribution >= 0.6 is 0 Å². The molecule has 0 aliphatic rings. The van der Waals surface area contributed by atoms with E-state index >= 15 is 0 Å². The SMILES string of the molecule is CCn1cncc1CNCCCN(C)C(=O)OC(C)(C)C. The highest BCUT2D eigenvalue weighted by Crippen LogP contribution is 2.09. The fourth-order valence-corrected chi connectivity index (χ4v) is 1.87. The lowest BCUT2D eigenvalue weighted by Crippen LogP contribution is -2.35. The van der Waals surface area contributed by atoms with Crippen molar-refractivity contribution < 1.29 is 9.53 Å². The van der Waals surface area contributed by atoms with E-state index in [9.17, 15) is 4.79 Å². The molecule has 1 aromatic rings. The topological polar surface area (TPSA) is 59.4 Å². The fourth-order valence-electron chi connectivity index (χ4n) is 1.87. The second-order valence-corrected chi connectivity index (χ2v) is 6.10. The van der Waals surface area contributed by atoms with Gasteiger partial charge < -0.3 is 19.5 Å². The summed E-state index contributed by atoms with van der Waals surface area (Å²) in [5.74, 6) is 0. The van der Waals surface area contributed by atoms with Crippen LogP contribution in [0.1, 0.15) is 39.8 Å². The van der Waals surface area contributed by atoms with E-state index in [4.69, 9.17) is 4.74 Å². The van der Waals surface area contributed by atoms with Gasteiger partial charge in [0.25, 0.3) is 0 Å². The van der Waals surface area contributed by atoms with E-state index < -0.39 is 5.60 Å². The summed E-state index contributed by atoms with van der Waals surface area (Å²) in [7, 11) is 1.76. The summed E-state index contributed by atoms with van der Waals surface area (Å²) >= 11 is 0. The van der Waals surface area contributed by atoms with Gasteiger partial charge in [-0.05, 0) is 40.7 Å². The molecule has 0 aromatic carbocycles. The number of aromatic nitrogens is 2. The predicted molar refractivity (Wildman–Crippen MR) is 83.1 cm³/mol. The van der Waals surface area contributed by atoms with Crippen LogP contribution in [-0.4, -0.2) is 46.3 Å². The lowest BCUT2D eigenvalue weighted by atomic mass is 10.2.